The van der Waals surface area contributed by atoms with Crippen LogP contribution in [0.15, 0.2) is 77.2 Å². The van der Waals surface area contributed by atoms with Gasteiger partial charge in [0.2, 0.25) is 5.89 Å². The lowest BCUT2D eigenvalue weighted by Crippen LogP contribution is -2.39. The van der Waals surface area contributed by atoms with Crippen LogP contribution in [0.25, 0.3) is 22.2 Å². The second-order valence-corrected chi connectivity index (χ2v) is 8.67. The summed E-state index contributed by atoms with van der Waals surface area (Å²) >= 11 is 0. The standard InChI is InChI=1S/C27H28N4O2/c1-30(2)22-13-10-20(11-14-22)21-12-15-25-23(17-21)29-26(33-25)24-9-6-16-31(24)27(32)28-18-19-7-4-3-5-8-19/h3-5,7-8,10-15,17,24H,6,9,16,18H2,1-2H3,(H,28,32). The molecule has 0 spiro atoms. The topological polar surface area (TPSA) is 61.6 Å². The van der Waals surface area contributed by atoms with Gasteiger partial charge >= 0.3 is 6.03 Å². The van der Waals surface area contributed by atoms with Gasteiger partial charge in [0.1, 0.15) is 11.6 Å². The summed E-state index contributed by atoms with van der Waals surface area (Å²) in [6.07, 6.45) is 1.79. The molecule has 0 aliphatic carbocycles. The van der Waals surface area contributed by atoms with E-state index in [0.29, 0.717) is 19.0 Å². The fourth-order valence-electron chi connectivity index (χ4n) is 4.36. The van der Waals surface area contributed by atoms with Gasteiger partial charge in [-0.15, -0.1) is 0 Å². The molecule has 1 N–H and O–H groups in total. The Kier molecular flexibility index (Phi) is 5.73. The second-order valence-electron chi connectivity index (χ2n) is 8.67. The highest BCUT2D eigenvalue weighted by atomic mass is 16.4. The molecule has 1 atom stereocenters. The van der Waals surface area contributed by atoms with E-state index in [1.54, 1.807) is 0 Å². The number of nitrogens with zero attached hydrogens (tertiary/aromatic N) is 3. The van der Waals surface area contributed by atoms with Crippen LogP contribution in [-0.4, -0.2) is 36.6 Å². The molecule has 1 aromatic heterocycles. The first-order chi connectivity index (χ1) is 16.1. The van der Waals surface area contributed by atoms with Crippen LogP contribution in [0.4, 0.5) is 10.5 Å². The first-order valence-corrected chi connectivity index (χ1v) is 11.3. The van der Waals surface area contributed by atoms with Crippen molar-refractivity contribution in [2.45, 2.75) is 25.4 Å². The van der Waals surface area contributed by atoms with Gasteiger partial charge in [-0.05, 0) is 53.8 Å². The molecule has 1 aliphatic heterocycles. The Morgan fingerprint density at radius 2 is 1.82 bits per heavy atom. The molecule has 0 radical (unpaired) electrons. The summed E-state index contributed by atoms with van der Waals surface area (Å²) in [6, 6.07) is 24.3. The van der Waals surface area contributed by atoms with Crippen LogP contribution in [0.3, 0.4) is 0 Å². The summed E-state index contributed by atoms with van der Waals surface area (Å²) in [6.45, 7) is 1.21. The number of aromatic nitrogens is 1. The summed E-state index contributed by atoms with van der Waals surface area (Å²) in [5, 5.41) is 3.03. The van der Waals surface area contributed by atoms with E-state index in [1.807, 2.05) is 55.4 Å². The van der Waals surface area contributed by atoms with Crippen LogP contribution < -0.4 is 10.2 Å². The van der Waals surface area contributed by atoms with Crippen LogP contribution in [0.2, 0.25) is 0 Å². The zero-order chi connectivity index (χ0) is 22.8. The van der Waals surface area contributed by atoms with Crippen molar-refractivity contribution in [3.63, 3.8) is 0 Å². The summed E-state index contributed by atoms with van der Waals surface area (Å²) in [5.74, 6) is 0.609. The molecule has 0 saturated carbocycles. The van der Waals surface area contributed by atoms with Gasteiger partial charge in [0, 0.05) is 32.9 Å². The first kappa shape index (κ1) is 21.1. The number of fused-ring (bicyclic) bond motifs is 1. The molecule has 2 heterocycles. The SMILES string of the molecule is CN(C)c1ccc(-c2ccc3oc(C4CCCN4C(=O)NCc4ccccc4)nc3c2)cc1. The number of rotatable bonds is 5. The quantitative estimate of drug-likeness (QED) is 0.438. The largest absolute Gasteiger partial charge is 0.438 e. The summed E-state index contributed by atoms with van der Waals surface area (Å²) in [5.41, 5.74) is 6.03. The fraction of sp³-hybridized carbons (Fsp3) is 0.259. The maximum absolute atomic E-state index is 12.9. The highest BCUT2D eigenvalue weighted by Gasteiger charge is 2.33. The van der Waals surface area contributed by atoms with Crippen molar-refractivity contribution >= 4 is 22.8 Å². The van der Waals surface area contributed by atoms with Crippen molar-refractivity contribution in [2.75, 3.05) is 25.5 Å². The third kappa shape index (κ3) is 4.42. The molecule has 3 aromatic carbocycles. The molecule has 1 saturated heterocycles. The predicted octanol–water partition coefficient (Wildman–Crippen LogP) is 5.61. The van der Waals surface area contributed by atoms with Crippen molar-refractivity contribution in [2.24, 2.45) is 0 Å². The number of benzene rings is 3. The van der Waals surface area contributed by atoms with Gasteiger partial charge in [-0.1, -0.05) is 48.5 Å². The van der Waals surface area contributed by atoms with Crippen LogP contribution in [0.1, 0.15) is 30.3 Å². The Hall–Kier alpha value is -3.80. The molecule has 1 unspecified atom stereocenters. The molecule has 4 aromatic rings. The molecule has 0 bridgehead atoms. The Morgan fingerprint density at radius 3 is 2.58 bits per heavy atom. The summed E-state index contributed by atoms with van der Waals surface area (Å²) in [4.78, 5) is 21.6. The van der Waals surface area contributed by atoms with Crippen LogP contribution in [-0.2, 0) is 6.54 Å². The van der Waals surface area contributed by atoms with E-state index in [0.717, 1.165) is 46.3 Å². The number of hydrogen-bond donors (Lipinski definition) is 1. The van der Waals surface area contributed by atoms with Gasteiger partial charge in [0.25, 0.3) is 0 Å². The van der Waals surface area contributed by atoms with Crippen molar-refractivity contribution < 1.29 is 9.21 Å². The van der Waals surface area contributed by atoms with Crippen molar-refractivity contribution in [1.82, 2.24) is 15.2 Å². The van der Waals surface area contributed by atoms with Gasteiger partial charge < -0.3 is 19.5 Å². The average molecular weight is 441 g/mol. The van der Waals surface area contributed by atoms with Crippen LogP contribution >= 0.6 is 0 Å². The molecule has 1 fully saturated rings. The number of oxazole rings is 1. The molecular weight excluding hydrogens is 412 g/mol. The minimum Gasteiger partial charge on any atom is -0.438 e. The number of amides is 2. The summed E-state index contributed by atoms with van der Waals surface area (Å²) in [7, 11) is 4.07. The molecule has 5 rings (SSSR count). The molecule has 6 heteroatoms. The zero-order valence-corrected chi connectivity index (χ0v) is 19.0. The number of urea groups is 1. The number of likely N-dealkylation sites (tertiary alicyclic amines) is 1. The van der Waals surface area contributed by atoms with E-state index in [4.69, 9.17) is 9.40 Å². The lowest BCUT2D eigenvalue weighted by Gasteiger charge is -2.22. The number of anilines is 1. The highest BCUT2D eigenvalue weighted by Crippen LogP contribution is 2.34. The van der Waals surface area contributed by atoms with Gasteiger partial charge in [-0.25, -0.2) is 9.78 Å². The average Bonchev–Trinajstić information content (AvgIpc) is 3.50. The van der Waals surface area contributed by atoms with Crippen molar-refractivity contribution in [3.8, 4) is 11.1 Å². The number of hydrogen-bond acceptors (Lipinski definition) is 4. The normalized spacial score (nSPS) is 15.7. The minimum absolute atomic E-state index is 0.0784. The molecule has 168 valence electrons. The maximum atomic E-state index is 12.9. The van der Waals surface area contributed by atoms with E-state index in [2.05, 4.69) is 46.6 Å². The Bertz CT molecular complexity index is 1250. The monoisotopic (exact) mass is 440 g/mol. The van der Waals surface area contributed by atoms with Gasteiger partial charge in [0.05, 0.1) is 0 Å². The van der Waals surface area contributed by atoms with E-state index in [9.17, 15) is 4.79 Å². The smallest absolute Gasteiger partial charge is 0.318 e. The van der Waals surface area contributed by atoms with Gasteiger partial charge in [-0.3, -0.25) is 0 Å². The molecule has 2 amide bonds. The Balaban J connectivity index is 1.34. The third-order valence-corrected chi connectivity index (χ3v) is 6.21. The van der Waals surface area contributed by atoms with E-state index in [1.165, 1.54) is 0 Å². The molecule has 33 heavy (non-hydrogen) atoms. The van der Waals surface area contributed by atoms with Crippen molar-refractivity contribution in [3.05, 3.63) is 84.3 Å². The predicted molar refractivity (Wildman–Crippen MR) is 131 cm³/mol. The van der Waals surface area contributed by atoms with Crippen LogP contribution in [0.5, 0.6) is 0 Å². The molecule has 6 nitrogen and oxygen atoms in total. The van der Waals surface area contributed by atoms with E-state index >= 15 is 0 Å². The van der Waals surface area contributed by atoms with Crippen LogP contribution in [0, 0.1) is 0 Å². The lowest BCUT2D eigenvalue weighted by atomic mass is 10.0. The Labute approximate surface area is 193 Å². The zero-order valence-electron chi connectivity index (χ0n) is 19.0. The molecule has 1 aliphatic rings. The van der Waals surface area contributed by atoms with Gasteiger partial charge in [0.15, 0.2) is 5.58 Å². The Morgan fingerprint density at radius 1 is 1.06 bits per heavy atom. The maximum Gasteiger partial charge on any atom is 0.318 e. The third-order valence-electron chi connectivity index (χ3n) is 6.21. The fourth-order valence-corrected chi connectivity index (χ4v) is 4.36. The highest BCUT2D eigenvalue weighted by molar-refractivity contribution is 5.81. The van der Waals surface area contributed by atoms with E-state index < -0.39 is 0 Å². The van der Waals surface area contributed by atoms with E-state index in [-0.39, 0.29) is 12.1 Å². The number of carbonyl (C=O) groups is 1. The lowest BCUT2D eigenvalue weighted by molar-refractivity contribution is 0.184. The second kappa shape index (κ2) is 8.98. The number of carbonyl (C=O) groups excluding carboxylic acids is 1. The first-order valence-electron chi connectivity index (χ1n) is 11.3. The summed E-state index contributed by atoms with van der Waals surface area (Å²) < 4.78 is 6.10. The van der Waals surface area contributed by atoms with Gasteiger partial charge in [-0.2, -0.15) is 0 Å². The van der Waals surface area contributed by atoms with Crippen molar-refractivity contribution in [1.29, 1.82) is 0 Å². The molecular formula is C27H28N4O2. The minimum atomic E-state index is -0.143. The number of nitrogens with one attached hydrogen (secondary N) is 1.